The zero-order chi connectivity index (χ0) is 10.3. The van der Waals surface area contributed by atoms with Gasteiger partial charge in [0.2, 0.25) is 0 Å². The van der Waals surface area contributed by atoms with Crippen LogP contribution in [0.25, 0.3) is 0 Å². The summed E-state index contributed by atoms with van der Waals surface area (Å²) in [6, 6.07) is 0. The van der Waals surface area contributed by atoms with Gasteiger partial charge in [-0.1, -0.05) is 13.8 Å². The van der Waals surface area contributed by atoms with Crippen LogP contribution < -0.4 is 0 Å². The third-order valence-corrected chi connectivity index (χ3v) is 4.49. The summed E-state index contributed by atoms with van der Waals surface area (Å²) in [5, 5.41) is 0. The minimum absolute atomic E-state index is 0.0544. The van der Waals surface area contributed by atoms with Gasteiger partial charge in [0.1, 0.15) is 0 Å². The van der Waals surface area contributed by atoms with E-state index >= 15 is 0 Å². The van der Waals surface area contributed by atoms with Crippen molar-refractivity contribution in [2.45, 2.75) is 33.6 Å². The second-order valence-corrected chi connectivity index (χ2v) is 4.97. The number of esters is 1. The zero-order valence-electron chi connectivity index (χ0n) is 9.32. The highest BCUT2D eigenvalue weighted by atomic mass is 16.5. The van der Waals surface area contributed by atoms with Crippen molar-refractivity contribution in [3.63, 3.8) is 0 Å². The van der Waals surface area contributed by atoms with Gasteiger partial charge in [-0.25, -0.2) is 0 Å². The van der Waals surface area contributed by atoms with Gasteiger partial charge >= 0.3 is 5.97 Å². The Bertz CT molecular complexity index is 234. The van der Waals surface area contributed by atoms with Gasteiger partial charge in [0.25, 0.3) is 0 Å². The number of fused-ring (bicyclic) bond motifs is 2. The van der Waals surface area contributed by atoms with E-state index in [1.807, 2.05) is 6.92 Å². The van der Waals surface area contributed by atoms with Gasteiger partial charge in [0.05, 0.1) is 12.5 Å². The number of hydrogen-bond acceptors (Lipinski definition) is 2. The molecule has 0 aliphatic heterocycles. The first kappa shape index (κ1) is 10.0. The average molecular weight is 196 g/mol. The summed E-state index contributed by atoms with van der Waals surface area (Å²) in [4.78, 5) is 11.7. The van der Waals surface area contributed by atoms with E-state index in [1.165, 1.54) is 6.42 Å². The number of carbonyl (C=O) groups excluding carboxylic acids is 1. The van der Waals surface area contributed by atoms with Crippen LogP contribution >= 0.6 is 0 Å². The van der Waals surface area contributed by atoms with Crippen molar-refractivity contribution in [1.29, 1.82) is 0 Å². The first-order valence-corrected chi connectivity index (χ1v) is 5.81. The summed E-state index contributed by atoms with van der Waals surface area (Å²) >= 11 is 0. The second kappa shape index (κ2) is 3.56. The van der Waals surface area contributed by atoms with Gasteiger partial charge in [-0.05, 0) is 43.4 Å². The standard InChI is InChI=1S/C12H20O2/c1-4-14-12(13)11-6-9-5-10(11)8(3)7(9)2/h7-11H,4-6H2,1-3H3. The first-order valence-electron chi connectivity index (χ1n) is 5.81. The molecule has 0 saturated heterocycles. The predicted molar refractivity (Wildman–Crippen MR) is 54.7 cm³/mol. The summed E-state index contributed by atoms with van der Waals surface area (Å²) in [7, 11) is 0. The lowest BCUT2D eigenvalue weighted by molar-refractivity contribution is -0.150. The summed E-state index contributed by atoms with van der Waals surface area (Å²) in [5.74, 6) is 3.18. The molecule has 2 aliphatic carbocycles. The molecule has 0 N–H and O–H groups in total. The maximum atomic E-state index is 11.7. The van der Waals surface area contributed by atoms with Crippen molar-refractivity contribution in [3.8, 4) is 0 Å². The maximum absolute atomic E-state index is 11.7. The molecule has 2 nitrogen and oxygen atoms in total. The number of rotatable bonds is 2. The highest BCUT2D eigenvalue weighted by molar-refractivity contribution is 5.73. The summed E-state index contributed by atoms with van der Waals surface area (Å²) in [6.07, 6.45) is 2.33. The van der Waals surface area contributed by atoms with Crippen molar-refractivity contribution in [2.24, 2.45) is 29.6 Å². The molecular formula is C12H20O2. The Morgan fingerprint density at radius 3 is 2.50 bits per heavy atom. The lowest BCUT2D eigenvalue weighted by Gasteiger charge is -2.30. The van der Waals surface area contributed by atoms with E-state index in [1.54, 1.807) is 0 Å². The second-order valence-electron chi connectivity index (χ2n) is 4.97. The molecular weight excluding hydrogens is 176 g/mol. The molecule has 5 atom stereocenters. The number of ether oxygens (including phenoxy) is 1. The molecule has 0 aromatic heterocycles. The number of hydrogen-bond donors (Lipinski definition) is 0. The van der Waals surface area contributed by atoms with E-state index in [9.17, 15) is 4.79 Å². The first-order chi connectivity index (χ1) is 6.65. The maximum Gasteiger partial charge on any atom is 0.309 e. The van der Waals surface area contributed by atoms with E-state index in [2.05, 4.69) is 13.8 Å². The molecule has 0 spiro atoms. The quantitative estimate of drug-likeness (QED) is 0.634. The van der Waals surface area contributed by atoms with E-state index < -0.39 is 0 Å². The Morgan fingerprint density at radius 2 is 2.00 bits per heavy atom. The topological polar surface area (TPSA) is 26.3 Å². The molecule has 2 heteroatoms. The minimum atomic E-state index is 0.0544. The third-order valence-electron chi connectivity index (χ3n) is 4.49. The Labute approximate surface area is 86.0 Å². The van der Waals surface area contributed by atoms with E-state index in [0.29, 0.717) is 18.4 Å². The molecule has 0 aromatic rings. The monoisotopic (exact) mass is 196 g/mol. The fourth-order valence-corrected chi connectivity index (χ4v) is 3.46. The van der Waals surface area contributed by atoms with Crippen molar-refractivity contribution >= 4 is 5.97 Å². The van der Waals surface area contributed by atoms with Crippen LogP contribution in [0.1, 0.15) is 33.6 Å². The van der Waals surface area contributed by atoms with Crippen molar-refractivity contribution in [3.05, 3.63) is 0 Å². The zero-order valence-corrected chi connectivity index (χ0v) is 9.32. The largest absolute Gasteiger partial charge is 0.466 e. The Kier molecular flexibility index (Phi) is 2.54. The van der Waals surface area contributed by atoms with Gasteiger partial charge < -0.3 is 4.74 Å². The molecule has 5 unspecified atom stereocenters. The van der Waals surface area contributed by atoms with Gasteiger partial charge in [0.15, 0.2) is 0 Å². The van der Waals surface area contributed by atoms with Crippen molar-refractivity contribution < 1.29 is 9.53 Å². The Morgan fingerprint density at radius 1 is 1.29 bits per heavy atom. The van der Waals surface area contributed by atoms with E-state index in [0.717, 1.165) is 18.3 Å². The lowest BCUT2D eigenvalue weighted by atomic mass is 9.76. The fourth-order valence-electron chi connectivity index (χ4n) is 3.46. The van der Waals surface area contributed by atoms with Crippen LogP contribution in [-0.4, -0.2) is 12.6 Å². The van der Waals surface area contributed by atoms with Crippen LogP contribution in [0.5, 0.6) is 0 Å². The summed E-state index contributed by atoms with van der Waals surface area (Å²) < 4.78 is 5.12. The summed E-state index contributed by atoms with van der Waals surface area (Å²) in [5.41, 5.74) is 0. The molecule has 0 heterocycles. The van der Waals surface area contributed by atoms with E-state index in [4.69, 9.17) is 4.74 Å². The van der Waals surface area contributed by atoms with Crippen molar-refractivity contribution in [2.75, 3.05) is 6.61 Å². The smallest absolute Gasteiger partial charge is 0.309 e. The van der Waals surface area contributed by atoms with Crippen LogP contribution in [0.3, 0.4) is 0 Å². The molecule has 0 aromatic carbocycles. The molecule has 2 saturated carbocycles. The minimum Gasteiger partial charge on any atom is -0.466 e. The van der Waals surface area contributed by atoms with Gasteiger partial charge in [-0.2, -0.15) is 0 Å². The molecule has 2 bridgehead atoms. The van der Waals surface area contributed by atoms with Crippen LogP contribution in [0.2, 0.25) is 0 Å². The highest BCUT2D eigenvalue weighted by Crippen LogP contribution is 2.55. The van der Waals surface area contributed by atoms with Crippen LogP contribution in [0, 0.1) is 29.6 Å². The SMILES string of the molecule is CCOC(=O)C1CC2CC1C(C)C2C. The van der Waals surface area contributed by atoms with E-state index in [-0.39, 0.29) is 11.9 Å². The van der Waals surface area contributed by atoms with Crippen molar-refractivity contribution in [1.82, 2.24) is 0 Å². The Hall–Kier alpha value is -0.530. The highest BCUT2D eigenvalue weighted by Gasteiger charge is 2.51. The van der Waals surface area contributed by atoms with Crippen LogP contribution in [0.4, 0.5) is 0 Å². The number of carbonyl (C=O) groups is 1. The molecule has 2 rings (SSSR count). The average Bonchev–Trinajstić information content (AvgIpc) is 2.68. The van der Waals surface area contributed by atoms with Gasteiger partial charge in [-0.3, -0.25) is 4.79 Å². The summed E-state index contributed by atoms with van der Waals surface area (Å²) in [6.45, 7) is 7.03. The molecule has 2 aliphatic rings. The van der Waals surface area contributed by atoms with Crippen LogP contribution in [-0.2, 0) is 9.53 Å². The fraction of sp³-hybridized carbons (Fsp3) is 0.917. The predicted octanol–water partition coefficient (Wildman–Crippen LogP) is 2.48. The lowest BCUT2D eigenvalue weighted by Crippen LogP contribution is -2.30. The van der Waals surface area contributed by atoms with Gasteiger partial charge in [-0.15, -0.1) is 0 Å². The normalized spacial score (nSPS) is 45.5. The van der Waals surface area contributed by atoms with Gasteiger partial charge in [0, 0.05) is 0 Å². The van der Waals surface area contributed by atoms with Crippen LogP contribution in [0.15, 0.2) is 0 Å². The molecule has 0 amide bonds. The molecule has 2 fully saturated rings. The third kappa shape index (κ3) is 1.35. The Balaban J connectivity index is 2.02. The molecule has 14 heavy (non-hydrogen) atoms. The molecule has 0 radical (unpaired) electrons. The molecule has 80 valence electrons.